The molecule has 0 bridgehead atoms. The van der Waals surface area contributed by atoms with Gasteiger partial charge in [-0.2, -0.15) is 0 Å². The van der Waals surface area contributed by atoms with Crippen molar-refractivity contribution in [3.63, 3.8) is 0 Å². The van der Waals surface area contributed by atoms with Gasteiger partial charge < -0.3 is 14.3 Å². The number of thioether (sulfide) groups is 1. The number of nitrogens with zero attached hydrogens (tertiary/aromatic N) is 5. The highest BCUT2D eigenvalue weighted by atomic mass is 32.2. The van der Waals surface area contributed by atoms with Crippen LogP contribution in [-0.4, -0.2) is 31.3 Å². The molecule has 8 heteroatoms. The van der Waals surface area contributed by atoms with E-state index in [4.69, 9.17) is 4.42 Å². The van der Waals surface area contributed by atoms with Crippen LogP contribution in [0.25, 0.3) is 0 Å². The van der Waals surface area contributed by atoms with Crippen LogP contribution in [0.1, 0.15) is 25.1 Å². The van der Waals surface area contributed by atoms with Gasteiger partial charge in [-0.05, 0) is 18.6 Å². The Kier molecular flexibility index (Phi) is 5.84. The van der Waals surface area contributed by atoms with Crippen molar-refractivity contribution in [2.45, 2.75) is 37.0 Å². The minimum atomic E-state index is 0.474. The lowest BCUT2D eigenvalue weighted by atomic mass is 10.4. The fourth-order valence-electron chi connectivity index (χ4n) is 2.27. The van der Waals surface area contributed by atoms with Gasteiger partial charge in [0.1, 0.15) is 5.82 Å². The van der Waals surface area contributed by atoms with Gasteiger partial charge >= 0.3 is 6.01 Å². The first kappa shape index (κ1) is 16.5. The van der Waals surface area contributed by atoms with Crippen molar-refractivity contribution in [1.29, 1.82) is 0 Å². The van der Waals surface area contributed by atoms with Crippen LogP contribution >= 0.6 is 11.8 Å². The number of aryl methyl sites for hydroxylation is 2. The van der Waals surface area contributed by atoms with Crippen LogP contribution in [0.5, 0.6) is 0 Å². The van der Waals surface area contributed by atoms with Crippen LogP contribution < -0.4 is 5.32 Å². The summed E-state index contributed by atoms with van der Waals surface area (Å²) < 4.78 is 7.77. The summed E-state index contributed by atoms with van der Waals surface area (Å²) in [6, 6.07) is 4.39. The van der Waals surface area contributed by atoms with Crippen LogP contribution in [0.2, 0.25) is 0 Å². The summed E-state index contributed by atoms with van der Waals surface area (Å²) in [5.41, 5.74) is 0. The fourth-order valence-corrected chi connectivity index (χ4v) is 2.99. The fraction of sp³-hybridized carbons (Fsp3) is 0.375. The van der Waals surface area contributed by atoms with E-state index in [1.54, 1.807) is 24.2 Å². The normalized spacial score (nSPS) is 10.9. The maximum atomic E-state index is 5.60. The third-order valence-electron chi connectivity index (χ3n) is 3.45. The molecular formula is C16H20N6OS. The lowest BCUT2D eigenvalue weighted by Gasteiger charge is -2.06. The van der Waals surface area contributed by atoms with Crippen molar-refractivity contribution >= 4 is 17.8 Å². The molecule has 1 N–H and O–H groups in total. The van der Waals surface area contributed by atoms with Gasteiger partial charge in [-0.3, -0.25) is 4.98 Å². The van der Waals surface area contributed by atoms with E-state index in [1.165, 1.54) is 0 Å². The van der Waals surface area contributed by atoms with Gasteiger partial charge in [0, 0.05) is 49.2 Å². The molecule has 7 nitrogen and oxygen atoms in total. The van der Waals surface area contributed by atoms with Gasteiger partial charge in [-0.25, -0.2) is 4.98 Å². The number of anilines is 1. The zero-order valence-electron chi connectivity index (χ0n) is 13.6. The Balaban J connectivity index is 1.40. The molecule has 0 aliphatic rings. The highest BCUT2D eigenvalue weighted by Gasteiger charge is 2.06. The van der Waals surface area contributed by atoms with E-state index < -0.39 is 0 Å². The minimum absolute atomic E-state index is 0.474. The molecule has 3 rings (SSSR count). The zero-order valence-corrected chi connectivity index (χ0v) is 14.4. The first-order chi connectivity index (χ1) is 11.8. The Labute approximate surface area is 144 Å². The molecule has 3 heterocycles. The smallest absolute Gasteiger partial charge is 0.315 e. The predicted octanol–water partition coefficient (Wildman–Crippen LogP) is 3.02. The molecule has 0 unspecified atom stereocenters. The van der Waals surface area contributed by atoms with Crippen molar-refractivity contribution in [3.8, 4) is 0 Å². The lowest BCUT2D eigenvalue weighted by molar-refractivity contribution is 0.523. The average Bonchev–Trinajstić information content (AvgIpc) is 3.27. The summed E-state index contributed by atoms with van der Waals surface area (Å²) in [5, 5.41) is 11.3. The third kappa shape index (κ3) is 4.58. The summed E-state index contributed by atoms with van der Waals surface area (Å²) in [7, 11) is 0. The first-order valence-corrected chi connectivity index (χ1v) is 8.93. The number of hydrogen-bond donors (Lipinski definition) is 1. The quantitative estimate of drug-likeness (QED) is 0.472. The minimum Gasteiger partial charge on any atom is -0.407 e. The average molecular weight is 344 g/mol. The molecule has 24 heavy (non-hydrogen) atoms. The number of nitrogens with one attached hydrogen (secondary N) is 1. The molecule has 0 fully saturated rings. The van der Waals surface area contributed by atoms with Crippen LogP contribution in [0.3, 0.4) is 0 Å². The number of pyridine rings is 1. The number of rotatable bonds is 9. The van der Waals surface area contributed by atoms with E-state index in [0.29, 0.717) is 17.7 Å². The SMILES string of the molecule is CCc1nccn1CCCNc1nnc(CSc2ccncc2)o1. The van der Waals surface area contributed by atoms with Crippen molar-refractivity contribution in [3.05, 3.63) is 48.6 Å². The van der Waals surface area contributed by atoms with Gasteiger partial charge in [0.2, 0.25) is 5.89 Å². The second kappa shape index (κ2) is 8.49. The van der Waals surface area contributed by atoms with Gasteiger partial charge in [-0.1, -0.05) is 12.0 Å². The Morgan fingerprint density at radius 1 is 1.21 bits per heavy atom. The van der Waals surface area contributed by atoms with Crippen molar-refractivity contribution in [2.24, 2.45) is 0 Å². The Morgan fingerprint density at radius 3 is 2.92 bits per heavy atom. The number of hydrogen-bond acceptors (Lipinski definition) is 7. The van der Waals surface area contributed by atoms with Crippen molar-refractivity contribution in [2.75, 3.05) is 11.9 Å². The summed E-state index contributed by atoms with van der Waals surface area (Å²) in [5.74, 6) is 2.37. The standard InChI is InChI=1S/C16H20N6OS/c1-2-14-18-9-11-22(14)10-3-6-19-16-21-20-15(23-16)12-24-13-4-7-17-8-5-13/h4-5,7-9,11H,2-3,6,10,12H2,1H3,(H,19,21). The maximum Gasteiger partial charge on any atom is 0.315 e. The van der Waals surface area contributed by atoms with Crippen molar-refractivity contribution < 1.29 is 4.42 Å². The second-order valence-corrected chi connectivity index (χ2v) is 6.19. The second-order valence-electron chi connectivity index (χ2n) is 5.14. The van der Waals surface area contributed by atoms with E-state index in [1.807, 2.05) is 24.5 Å². The Hall–Kier alpha value is -2.35. The summed E-state index contributed by atoms with van der Waals surface area (Å²) >= 11 is 1.64. The lowest BCUT2D eigenvalue weighted by Crippen LogP contribution is -2.08. The molecule has 3 aromatic rings. The molecule has 0 radical (unpaired) electrons. The van der Waals surface area contributed by atoms with E-state index in [2.05, 4.69) is 37.0 Å². The molecule has 0 aliphatic heterocycles. The Morgan fingerprint density at radius 2 is 2.08 bits per heavy atom. The molecule has 0 saturated carbocycles. The van der Waals surface area contributed by atoms with Gasteiger partial charge in [0.05, 0.1) is 5.75 Å². The van der Waals surface area contributed by atoms with E-state index in [9.17, 15) is 0 Å². The maximum absolute atomic E-state index is 5.60. The number of aromatic nitrogens is 5. The highest BCUT2D eigenvalue weighted by molar-refractivity contribution is 7.98. The Bertz CT molecular complexity index is 742. The van der Waals surface area contributed by atoms with Gasteiger partial charge in [0.15, 0.2) is 0 Å². The molecule has 0 aromatic carbocycles. The predicted molar refractivity (Wildman–Crippen MR) is 92.8 cm³/mol. The van der Waals surface area contributed by atoms with E-state index in [0.717, 1.165) is 36.7 Å². The van der Waals surface area contributed by atoms with Gasteiger partial charge in [0.25, 0.3) is 0 Å². The topological polar surface area (TPSA) is 81.7 Å². The number of imidazole rings is 1. The van der Waals surface area contributed by atoms with Crippen LogP contribution in [0.15, 0.2) is 46.2 Å². The highest BCUT2D eigenvalue weighted by Crippen LogP contribution is 2.21. The third-order valence-corrected chi connectivity index (χ3v) is 4.45. The van der Waals surface area contributed by atoms with Crippen LogP contribution in [0, 0.1) is 0 Å². The molecule has 0 amide bonds. The van der Waals surface area contributed by atoms with Crippen LogP contribution in [0.4, 0.5) is 6.01 Å². The molecule has 0 atom stereocenters. The molecule has 0 saturated heterocycles. The summed E-state index contributed by atoms with van der Waals surface area (Å²) in [6.07, 6.45) is 9.31. The molecule has 0 aliphatic carbocycles. The van der Waals surface area contributed by atoms with E-state index >= 15 is 0 Å². The largest absolute Gasteiger partial charge is 0.407 e. The van der Waals surface area contributed by atoms with Crippen molar-refractivity contribution in [1.82, 2.24) is 24.7 Å². The van der Waals surface area contributed by atoms with Gasteiger partial charge in [-0.15, -0.1) is 16.9 Å². The molecule has 3 aromatic heterocycles. The summed E-state index contributed by atoms with van der Waals surface area (Å²) in [4.78, 5) is 9.44. The molecule has 0 spiro atoms. The zero-order chi connectivity index (χ0) is 16.6. The first-order valence-electron chi connectivity index (χ1n) is 7.94. The van der Waals surface area contributed by atoms with E-state index in [-0.39, 0.29) is 0 Å². The molecule has 126 valence electrons. The molecular weight excluding hydrogens is 324 g/mol. The van der Waals surface area contributed by atoms with Crippen LogP contribution in [-0.2, 0) is 18.7 Å². The summed E-state index contributed by atoms with van der Waals surface area (Å²) in [6.45, 7) is 3.82. The monoisotopic (exact) mass is 344 g/mol.